The lowest BCUT2D eigenvalue weighted by atomic mass is 10.1. The minimum atomic E-state index is -0.452. The maximum Gasteiger partial charge on any atom is 0.336 e. The molecule has 2 heterocycles. The number of phenolic OH excluding ortho intramolecular Hbond substituents is 1. The van der Waals surface area contributed by atoms with E-state index in [9.17, 15) is 19.1 Å². The Kier molecular flexibility index (Phi) is 5.07. The average Bonchev–Trinajstić information content (AvgIpc) is 2.72. The summed E-state index contributed by atoms with van der Waals surface area (Å²) in [5.41, 5.74) is 1.79. The molecule has 1 aliphatic rings. The molecule has 3 aromatic rings. The fraction of sp³-hybridized carbons (Fsp3) is 0.273. The fourth-order valence-corrected chi connectivity index (χ4v) is 3.67. The SMILES string of the molecule is Cc1c(O)ccc2c(CN3CCN(C(=O)c4ccc(F)cc4)CC3)cc(=O)oc12. The number of rotatable bonds is 3. The lowest BCUT2D eigenvalue weighted by Crippen LogP contribution is -2.48. The number of piperazine rings is 1. The molecule has 4 rings (SSSR count). The van der Waals surface area contributed by atoms with Gasteiger partial charge in [0.1, 0.15) is 17.1 Å². The van der Waals surface area contributed by atoms with Gasteiger partial charge in [-0.05, 0) is 48.9 Å². The zero-order valence-corrected chi connectivity index (χ0v) is 16.0. The number of carbonyl (C=O) groups excluding carboxylic acids is 1. The molecule has 0 atom stereocenters. The van der Waals surface area contributed by atoms with Gasteiger partial charge in [0.05, 0.1) is 0 Å². The van der Waals surface area contributed by atoms with Gasteiger partial charge in [-0.1, -0.05) is 0 Å². The Morgan fingerprint density at radius 1 is 1.10 bits per heavy atom. The van der Waals surface area contributed by atoms with E-state index in [0.717, 1.165) is 10.9 Å². The van der Waals surface area contributed by atoms with E-state index in [-0.39, 0.29) is 17.5 Å². The fourth-order valence-electron chi connectivity index (χ4n) is 3.67. The number of aryl methyl sites for hydroxylation is 1. The highest BCUT2D eigenvalue weighted by Crippen LogP contribution is 2.28. The number of fused-ring (bicyclic) bond motifs is 1. The summed E-state index contributed by atoms with van der Waals surface area (Å²) in [6.07, 6.45) is 0. The summed E-state index contributed by atoms with van der Waals surface area (Å²) < 4.78 is 18.4. The molecule has 1 saturated heterocycles. The average molecular weight is 396 g/mol. The molecule has 0 radical (unpaired) electrons. The number of hydrogen-bond donors (Lipinski definition) is 1. The number of amides is 1. The van der Waals surface area contributed by atoms with Crippen molar-refractivity contribution in [1.29, 1.82) is 0 Å². The molecule has 6 nitrogen and oxygen atoms in total. The summed E-state index contributed by atoms with van der Waals surface area (Å²) in [5, 5.41) is 10.7. The van der Waals surface area contributed by atoms with Crippen LogP contribution in [-0.2, 0) is 6.54 Å². The van der Waals surface area contributed by atoms with E-state index < -0.39 is 5.63 Å². The zero-order valence-electron chi connectivity index (χ0n) is 16.0. The summed E-state index contributed by atoms with van der Waals surface area (Å²) in [6, 6.07) is 10.4. The lowest BCUT2D eigenvalue weighted by Gasteiger charge is -2.35. The quantitative estimate of drug-likeness (QED) is 0.689. The van der Waals surface area contributed by atoms with Crippen LogP contribution in [0.15, 0.2) is 51.7 Å². The van der Waals surface area contributed by atoms with Gasteiger partial charge in [-0.2, -0.15) is 0 Å². The number of halogens is 1. The second kappa shape index (κ2) is 7.67. The molecule has 1 aliphatic heterocycles. The van der Waals surface area contributed by atoms with Crippen LogP contribution in [0.2, 0.25) is 0 Å². The lowest BCUT2D eigenvalue weighted by molar-refractivity contribution is 0.0629. The molecule has 1 aromatic heterocycles. The first-order valence-electron chi connectivity index (χ1n) is 9.45. The van der Waals surface area contributed by atoms with Gasteiger partial charge < -0.3 is 14.4 Å². The number of benzene rings is 2. The molecule has 0 aliphatic carbocycles. The molecule has 1 N–H and O–H groups in total. The van der Waals surface area contributed by atoms with Crippen molar-refractivity contribution in [3.05, 3.63) is 75.4 Å². The minimum Gasteiger partial charge on any atom is -0.508 e. The summed E-state index contributed by atoms with van der Waals surface area (Å²) in [5.74, 6) is -0.387. The molecule has 1 amide bonds. The van der Waals surface area contributed by atoms with Gasteiger partial charge in [0.15, 0.2) is 0 Å². The van der Waals surface area contributed by atoms with Gasteiger partial charge in [-0.3, -0.25) is 9.69 Å². The van der Waals surface area contributed by atoms with Gasteiger partial charge in [0.25, 0.3) is 5.91 Å². The molecule has 1 fully saturated rings. The van der Waals surface area contributed by atoms with E-state index >= 15 is 0 Å². The number of carbonyl (C=O) groups is 1. The summed E-state index contributed by atoms with van der Waals surface area (Å²) >= 11 is 0. The molecule has 29 heavy (non-hydrogen) atoms. The standard InChI is InChI=1S/C22H21FN2O4/c1-14-19(26)7-6-18-16(12-20(27)29-21(14)18)13-24-8-10-25(11-9-24)22(28)15-2-4-17(23)5-3-15/h2-7,12,26H,8-11,13H2,1H3. The van der Waals surface area contributed by atoms with E-state index in [0.29, 0.717) is 49.4 Å². The third-order valence-corrected chi connectivity index (χ3v) is 5.36. The van der Waals surface area contributed by atoms with Crippen LogP contribution in [0.3, 0.4) is 0 Å². The van der Waals surface area contributed by atoms with Crippen LogP contribution in [0.4, 0.5) is 4.39 Å². The smallest absolute Gasteiger partial charge is 0.336 e. The van der Waals surface area contributed by atoms with Crippen molar-refractivity contribution in [3.8, 4) is 5.75 Å². The molecule has 0 unspecified atom stereocenters. The number of hydrogen-bond acceptors (Lipinski definition) is 5. The Labute approximate surface area is 166 Å². The summed E-state index contributed by atoms with van der Waals surface area (Å²) in [4.78, 5) is 28.5. The molecule has 0 spiro atoms. The Morgan fingerprint density at radius 2 is 1.79 bits per heavy atom. The number of aromatic hydroxyl groups is 1. The van der Waals surface area contributed by atoms with Gasteiger partial charge in [0.2, 0.25) is 0 Å². The van der Waals surface area contributed by atoms with Gasteiger partial charge >= 0.3 is 5.63 Å². The Balaban J connectivity index is 1.47. The van der Waals surface area contributed by atoms with Crippen molar-refractivity contribution in [3.63, 3.8) is 0 Å². The van der Waals surface area contributed by atoms with Crippen molar-refractivity contribution in [1.82, 2.24) is 9.80 Å². The van der Waals surface area contributed by atoms with Crippen molar-refractivity contribution < 1.29 is 18.7 Å². The predicted octanol–water partition coefficient (Wildman–Crippen LogP) is 2.90. The first-order valence-corrected chi connectivity index (χ1v) is 9.45. The first kappa shape index (κ1) is 19.1. The van der Waals surface area contributed by atoms with Crippen molar-refractivity contribution in [2.24, 2.45) is 0 Å². The third-order valence-electron chi connectivity index (χ3n) is 5.36. The van der Waals surface area contributed by atoms with Crippen LogP contribution in [0.1, 0.15) is 21.5 Å². The predicted molar refractivity (Wildman–Crippen MR) is 106 cm³/mol. The topological polar surface area (TPSA) is 74.0 Å². The Morgan fingerprint density at radius 3 is 2.48 bits per heavy atom. The minimum absolute atomic E-state index is 0.0886. The first-order chi connectivity index (χ1) is 13.9. The normalized spacial score (nSPS) is 15.0. The highest BCUT2D eigenvalue weighted by atomic mass is 19.1. The Hall–Kier alpha value is -3.19. The molecule has 2 aromatic carbocycles. The van der Waals surface area contributed by atoms with Crippen LogP contribution in [0.25, 0.3) is 11.0 Å². The molecule has 150 valence electrons. The van der Waals surface area contributed by atoms with Crippen molar-refractivity contribution in [2.45, 2.75) is 13.5 Å². The van der Waals surface area contributed by atoms with Crippen molar-refractivity contribution >= 4 is 16.9 Å². The largest absolute Gasteiger partial charge is 0.508 e. The summed E-state index contributed by atoms with van der Waals surface area (Å²) in [7, 11) is 0. The van der Waals surface area contributed by atoms with Crippen LogP contribution < -0.4 is 5.63 Å². The monoisotopic (exact) mass is 396 g/mol. The van der Waals surface area contributed by atoms with E-state index in [1.54, 1.807) is 24.0 Å². The zero-order chi connectivity index (χ0) is 20.5. The molecular weight excluding hydrogens is 375 g/mol. The van der Waals surface area contributed by atoms with E-state index in [4.69, 9.17) is 4.42 Å². The van der Waals surface area contributed by atoms with Crippen LogP contribution >= 0.6 is 0 Å². The van der Waals surface area contributed by atoms with Crippen LogP contribution in [0.5, 0.6) is 5.75 Å². The van der Waals surface area contributed by atoms with E-state index in [2.05, 4.69) is 4.90 Å². The van der Waals surface area contributed by atoms with E-state index in [1.165, 1.54) is 30.3 Å². The van der Waals surface area contributed by atoms with E-state index in [1.807, 2.05) is 0 Å². The number of nitrogens with zero attached hydrogens (tertiary/aromatic N) is 2. The van der Waals surface area contributed by atoms with Crippen LogP contribution in [0, 0.1) is 12.7 Å². The second-order valence-electron chi connectivity index (χ2n) is 7.25. The molecule has 0 bridgehead atoms. The third kappa shape index (κ3) is 3.86. The maximum atomic E-state index is 13.1. The van der Waals surface area contributed by atoms with Gasteiger partial charge in [-0.15, -0.1) is 0 Å². The Bertz CT molecular complexity index is 1120. The van der Waals surface area contributed by atoms with Gasteiger partial charge in [0, 0.05) is 55.3 Å². The maximum absolute atomic E-state index is 13.1. The number of phenols is 1. The second-order valence-corrected chi connectivity index (χ2v) is 7.25. The van der Waals surface area contributed by atoms with Crippen LogP contribution in [-0.4, -0.2) is 47.0 Å². The molecular formula is C22H21FN2O4. The highest BCUT2D eigenvalue weighted by Gasteiger charge is 2.23. The molecule has 0 saturated carbocycles. The molecule has 7 heteroatoms. The summed E-state index contributed by atoms with van der Waals surface area (Å²) in [6.45, 7) is 4.68. The highest BCUT2D eigenvalue weighted by molar-refractivity contribution is 5.94. The van der Waals surface area contributed by atoms with Crippen molar-refractivity contribution in [2.75, 3.05) is 26.2 Å². The van der Waals surface area contributed by atoms with Gasteiger partial charge in [-0.25, -0.2) is 9.18 Å².